The van der Waals surface area contributed by atoms with Gasteiger partial charge in [0.05, 0.1) is 25.5 Å². The van der Waals surface area contributed by atoms with E-state index in [1.807, 2.05) is 13.8 Å². The topological polar surface area (TPSA) is 45.6 Å². The third kappa shape index (κ3) is 2.53. The molecule has 2 heterocycles. The third-order valence-electron chi connectivity index (χ3n) is 3.59. The molecule has 0 saturated carbocycles. The number of morpholine rings is 1. The zero-order valence-electron chi connectivity index (χ0n) is 10.8. The van der Waals surface area contributed by atoms with E-state index in [1.54, 1.807) is 0 Å². The molecule has 5 heteroatoms. The zero-order chi connectivity index (χ0) is 13.2. The van der Waals surface area contributed by atoms with Crippen LogP contribution in [-0.4, -0.2) is 46.8 Å². The maximum absolute atomic E-state index is 13.7. The second-order valence-corrected chi connectivity index (χ2v) is 5.05. The van der Waals surface area contributed by atoms with Gasteiger partial charge in [-0.05, 0) is 19.9 Å². The number of aliphatic hydroxyl groups excluding tert-OH is 1. The molecular weight excluding hydrogens is 235 g/mol. The first kappa shape index (κ1) is 13.4. The zero-order valence-corrected chi connectivity index (χ0v) is 10.8. The van der Waals surface area contributed by atoms with E-state index in [4.69, 9.17) is 4.74 Å². The monoisotopic (exact) mass is 254 g/mol. The number of nitrogens with zero attached hydrogens (tertiary/aromatic N) is 2. The molecule has 0 aliphatic carbocycles. The minimum absolute atomic E-state index is 0.293. The van der Waals surface area contributed by atoms with E-state index in [2.05, 4.69) is 9.88 Å². The highest BCUT2D eigenvalue weighted by Crippen LogP contribution is 2.32. The summed E-state index contributed by atoms with van der Waals surface area (Å²) < 4.78 is 19.0. The molecule has 0 aromatic carbocycles. The largest absolute Gasteiger partial charge is 0.386 e. The lowest BCUT2D eigenvalue weighted by Crippen LogP contribution is -2.53. The van der Waals surface area contributed by atoms with Crippen molar-refractivity contribution in [1.29, 1.82) is 0 Å². The fraction of sp³-hybridized carbons (Fsp3) is 0.615. The fourth-order valence-corrected chi connectivity index (χ4v) is 2.30. The van der Waals surface area contributed by atoms with Gasteiger partial charge >= 0.3 is 0 Å². The first-order valence-corrected chi connectivity index (χ1v) is 6.14. The molecule has 18 heavy (non-hydrogen) atoms. The Hall–Kier alpha value is -1.04. The van der Waals surface area contributed by atoms with Crippen molar-refractivity contribution in [2.75, 3.05) is 26.3 Å². The minimum Gasteiger partial charge on any atom is -0.386 e. The maximum atomic E-state index is 13.7. The average molecular weight is 254 g/mol. The van der Waals surface area contributed by atoms with Crippen LogP contribution >= 0.6 is 0 Å². The normalized spacial score (nSPS) is 19.8. The average Bonchev–Trinajstić information content (AvgIpc) is 2.39. The molecule has 1 aliphatic heterocycles. The van der Waals surface area contributed by atoms with Crippen LogP contribution in [0.5, 0.6) is 0 Å². The first-order valence-electron chi connectivity index (χ1n) is 6.14. The SMILES string of the molecule is CC(C)(C(O)c1ccncc1F)N1CCOCC1. The van der Waals surface area contributed by atoms with Crippen molar-refractivity contribution in [2.24, 2.45) is 0 Å². The van der Waals surface area contributed by atoms with Crippen LogP contribution in [0.3, 0.4) is 0 Å². The van der Waals surface area contributed by atoms with Gasteiger partial charge < -0.3 is 9.84 Å². The highest BCUT2D eigenvalue weighted by molar-refractivity contribution is 5.19. The minimum atomic E-state index is -0.890. The summed E-state index contributed by atoms with van der Waals surface area (Å²) >= 11 is 0. The number of pyridine rings is 1. The van der Waals surface area contributed by atoms with Crippen molar-refractivity contribution in [1.82, 2.24) is 9.88 Å². The Morgan fingerprint density at radius 2 is 2.11 bits per heavy atom. The molecule has 1 unspecified atom stereocenters. The van der Waals surface area contributed by atoms with Gasteiger partial charge in [0.1, 0.15) is 5.82 Å². The number of ether oxygens (including phenoxy) is 1. The van der Waals surface area contributed by atoms with Gasteiger partial charge in [0.15, 0.2) is 0 Å². The Kier molecular flexibility index (Phi) is 3.94. The molecule has 1 aliphatic rings. The quantitative estimate of drug-likeness (QED) is 0.884. The van der Waals surface area contributed by atoms with Gasteiger partial charge in [0.25, 0.3) is 0 Å². The Morgan fingerprint density at radius 3 is 2.72 bits per heavy atom. The molecule has 0 spiro atoms. The van der Waals surface area contributed by atoms with Gasteiger partial charge in [-0.15, -0.1) is 0 Å². The number of aliphatic hydroxyl groups is 1. The number of hydrogen-bond acceptors (Lipinski definition) is 4. The van der Waals surface area contributed by atoms with Crippen LogP contribution in [-0.2, 0) is 4.74 Å². The summed E-state index contributed by atoms with van der Waals surface area (Å²) in [6.45, 7) is 6.63. The van der Waals surface area contributed by atoms with Crippen molar-refractivity contribution < 1.29 is 14.2 Å². The fourth-order valence-electron chi connectivity index (χ4n) is 2.30. The summed E-state index contributed by atoms with van der Waals surface area (Å²) in [4.78, 5) is 5.83. The summed E-state index contributed by atoms with van der Waals surface area (Å²) in [6.07, 6.45) is 1.74. The maximum Gasteiger partial charge on any atom is 0.147 e. The molecule has 1 N–H and O–H groups in total. The lowest BCUT2D eigenvalue weighted by Gasteiger charge is -2.43. The van der Waals surface area contributed by atoms with E-state index < -0.39 is 17.5 Å². The predicted octanol–water partition coefficient (Wildman–Crippen LogP) is 1.36. The van der Waals surface area contributed by atoms with Crippen LogP contribution in [0.2, 0.25) is 0 Å². The van der Waals surface area contributed by atoms with Crippen LogP contribution in [0, 0.1) is 5.82 Å². The third-order valence-corrected chi connectivity index (χ3v) is 3.59. The van der Waals surface area contributed by atoms with Crippen LogP contribution in [0.1, 0.15) is 25.5 Å². The van der Waals surface area contributed by atoms with Gasteiger partial charge in [-0.1, -0.05) is 0 Å². The second kappa shape index (κ2) is 5.30. The Balaban J connectivity index is 2.20. The van der Waals surface area contributed by atoms with E-state index in [1.165, 1.54) is 12.3 Å². The molecule has 0 amide bonds. The molecular formula is C13H19FN2O2. The van der Waals surface area contributed by atoms with Gasteiger partial charge in [-0.3, -0.25) is 9.88 Å². The highest BCUT2D eigenvalue weighted by Gasteiger charge is 2.37. The van der Waals surface area contributed by atoms with Crippen molar-refractivity contribution in [2.45, 2.75) is 25.5 Å². The number of hydrogen-bond donors (Lipinski definition) is 1. The van der Waals surface area contributed by atoms with Crippen LogP contribution in [0.15, 0.2) is 18.5 Å². The predicted molar refractivity (Wildman–Crippen MR) is 65.6 cm³/mol. The van der Waals surface area contributed by atoms with Gasteiger partial charge in [-0.2, -0.15) is 0 Å². The number of halogens is 1. The number of aromatic nitrogens is 1. The second-order valence-electron chi connectivity index (χ2n) is 5.05. The van der Waals surface area contributed by atoms with E-state index >= 15 is 0 Å². The lowest BCUT2D eigenvalue weighted by atomic mass is 9.89. The van der Waals surface area contributed by atoms with Crippen molar-refractivity contribution in [3.63, 3.8) is 0 Å². The summed E-state index contributed by atoms with van der Waals surface area (Å²) in [6, 6.07) is 1.53. The molecule has 100 valence electrons. The lowest BCUT2D eigenvalue weighted by molar-refractivity contribution is -0.0639. The van der Waals surface area contributed by atoms with Crippen LogP contribution in [0.25, 0.3) is 0 Å². The van der Waals surface area contributed by atoms with Crippen molar-refractivity contribution in [3.8, 4) is 0 Å². The molecule has 1 atom stereocenters. The van der Waals surface area contributed by atoms with Crippen molar-refractivity contribution in [3.05, 3.63) is 29.8 Å². The Morgan fingerprint density at radius 1 is 1.44 bits per heavy atom. The summed E-state index contributed by atoms with van der Waals surface area (Å²) in [5.74, 6) is -0.466. The molecule has 1 aromatic heterocycles. The Labute approximate surface area is 106 Å². The molecule has 1 fully saturated rings. The van der Waals surface area contributed by atoms with Crippen LogP contribution < -0.4 is 0 Å². The molecule has 1 saturated heterocycles. The van der Waals surface area contributed by atoms with E-state index in [-0.39, 0.29) is 0 Å². The highest BCUT2D eigenvalue weighted by atomic mass is 19.1. The summed E-state index contributed by atoms with van der Waals surface area (Å²) in [7, 11) is 0. The number of rotatable bonds is 3. The standard InChI is InChI=1S/C13H19FN2O2/c1-13(2,16-5-7-18-8-6-16)12(17)10-3-4-15-9-11(10)14/h3-4,9,12,17H,5-8H2,1-2H3. The smallest absolute Gasteiger partial charge is 0.147 e. The van der Waals surface area contributed by atoms with E-state index in [0.29, 0.717) is 18.8 Å². The molecule has 0 bridgehead atoms. The Bertz CT molecular complexity index is 406. The van der Waals surface area contributed by atoms with E-state index in [0.717, 1.165) is 19.3 Å². The van der Waals surface area contributed by atoms with E-state index in [9.17, 15) is 9.50 Å². The molecule has 4 nitrogen and oxygen atoms in total. The van der Waals surface area contributed by atoms with Crippen LogP contribution in [0.4, 0.5) is 4.39 Å². The summed E-state index contributed by atoms with van der Waals surface area (Å²) in [5.41, 5.74) is -0.243. The summed E-state index contributed by atoms with van der Waals surface area (Å²) in [5, 5.41) is 10.4. The molecule has 1 aromatic rings. The van der Waals surface area contributed by atoms with Gasteiger partial charge in [-0.25, -0.2) is 4.39 Å². The van der Waals surface area contributed by atoms with Gasteiger partial charge in [0, 0.05) is 30.4 Å². The first-order chi connectivity index (χ1) is 8.53. The van der Waals surface area contributed by atoms with Gasteiger partial charge in [0.2, 0.25) is 0 Å². The molecule has 0 radical (unpaired) electrons. The molecule has 2 rings (SSSR count). The van der Waals surface area contributed by atoms with Crippen molar-refractivity contribution >= 4 is 0 Å².